The summed E-state index contributed by atoms with van der Waals surface area (Å²) in [5, 5.41) is 2.85. The lowest BCUT2D eigenvalue weighted by molar-refractivity contribution is -0.118. The number of hydrogen-bond donors (Lipinski definition) is 1. The summed E-state index contributed by atoms with van der Waals surface area (Å²) in [4.78, 5) is 16.7. The van der Waals surface area contributed by atoms with E-state index in [-0.39, 0.29) is 12.5 Å². The average Bonchev–Trinajstić information content (AvgIpc) is 3.12. The van der Waals surface area contributed by atoms with Gasteiger partial charge in [0, 0.05) is 12.1 Å². The number of nitrogens with one attached hydrogen (secondary N) is 1. The Bertz CT molecular complexity index is 1180. The first-order chi connectivity index (χ1) is 14.5. The third-order valence-corrected chi connectivity index (χ3v) is 4.85. The van der Waals surface area contributed by atoms with Crippen LogP contribution in [0.5, 0.6) is 5.75 Å². The molecule has 0 saturated heterocycles. The van der Waals surface area contributed by atoms with E-state index in [4.69, 9.17) is 9.15 Å². The molecular weight excluding hydrogens is 376 g/mol. The molecule has 0 atom stereocenters. The van der Waals surface area contributed by atoms with E-state index in [1.165, 1.54) is 5.56 Å². The molecule has 0 fully saturated rings. The first kappa shape index (κ1) is 19.7. The molecule has 3 aromatic carbocycles. The van der Waals surface area contributed by atoms with E-state index in [0.717, 1.165) is 33.5 Å². The van der Waals surface area contributed by atoms with Crippen molar-refractivity contribution in [2.75, 3.05) is 11.9 Å². The Morgan fingerprint density at radius 2 is 1.70 bits per heavy atom. The zero-order chi connectivity index (χ0) is 21.1. The molecule has 1 heterocycles. The number of fused-ring (bicyclic) bond motifs is 1. The molecule has 152 valence electrons. The third kappa shape index (κ3) is 4.69. The first-order valence-corrected chi connectivity index (χ1v) is 9.91. The monoisotopic (exact) mass is 400 g/mol. The lowest BCUT2D eigenvalue weighted by Crippen LogP contribution is -2.20. The zero-order valence-electron chi connectivity index (χ0n) is 17.4. The van der Waals surface area contributed by atoms with Crippen LogP contribution in [0.4, 0.5) is 5.69 Å². The molecule has 1 N–H and O–H groups in total. The average molecular weight is 400 g/mol. The van der Waals surface area contributed by atoms with Crippen LogP contribution in [0.1, 0.15) is 28.1 Å². The van der Waals surface area contributed by atoms with Crippen molar-refractivity contribution >= 4 is 22.7 Å². The van der Waals surface area contributed by atoms with Gasteiger partial charge in [0.05, 0.1) is 0 Å². The maximum absolute atomic E-state index is 12.1. The molecule has 0 unspecified atom stereocenters. The van der Waals surface area contributed by atoms with E-state index < -0.39 is 0 Å². The molecule has 0 bridgehead atoms. The van der Waals surface area contributed by atoms with Crippen LogP contribution in [0.2, 0.25) is 0 Å². The summed E-state index contributed by atoms with van der Waals surface area (Å²) in [6, 6.07) is 19.4. The van der Waals surface area contributed by atoms with Crippen molar-refractivity contribution in [1.29, 1.82) is 0 Å². The molecule has 30 heavy (non-hydrogen) atoms. The highest BCUT2D eigenvalue weighted by atomic mass is 16.5. The minimum absolute atomic E-state index is 0.0352. The van der Waals surface area contributed by atoms with Gasteiger partial charge in [-0.25, -0.2) is 4.98 Å². The summed E-state index contributed by atoms with van der Waals surface area (Å²) in [6.45, 7) is 6.06. The Morgan fingerprint density at radius 1 is 0.967 bits per heavy atom. The number of benzene rings is 3. The van der Waals surface area contributed by atoms with E-state index in [2.05, 4.69) is 23.3 Å². The van der Waals surface area contributed by atoms with Gasteiger partial charge in [-0.3, -0.25) is 4.79 Å². The standard InChI is InChI=1S/C25H24N2O3/c1-16-4-10-21(11-5-16)29-15-23(28)26-20-8-6-19(7-9-20)14-24-27-22-13-17(2)12-18(3)25(22)30-24/h4-13H,14-15H2,1-3H3,(H,26,28). The van der Waals surface area contributed by atoms with E-state index in [1.54, 1.807) is 0 Å². The van der Waals surface area contributed by atoms with Gasteiger partial charge in [0.1, 0.15) is 11.3 Å². The summed E-state index contributed by atoms with van der Waals surface area (Å²) in [6.07, 6.45) is 0.595. The molecule has 1 amide bonds. The lowest BCUT2D eigenvalue weighted by atomic mass is 10.1. The Balaban J connectivity index is 1.35. The number of amides is 1. The predicted octanol–water partition coefficient (Wildman–Crippen LogP) is 5.36. The first-order valence-electron chi connectivity index (χ1n) is 9.91. The van der Waals surface area contributed by atoms with Crippen LogP contribution in [-0.2, 0) is 11.2 Å². The zero-order valence-corrected chi connectivity index (χ0v) is 17.4. The van der Waals surface area contributed by atoms with Gasteiger partial charge >= 0.3 is 0 Å². The predicted molar refractivity (Wildman–Crippen MR) is 118 cm³/mol. The highest BCUT2D eigenvalue weighted by Gasteiger charge is 2.10. The number of aryl methyl sites for hydroxylation is 3. The van der Waals surface area contributed by atoms with Crippen molar-refractivity contribution in [3.63, 3.8) is 0 Å². The second-order valence-corrected chi connectivity index (χ2v) is 7.56. The van der Waals surface area contributed by atoms with Gasteiger partial charge in [-0.15, -0.1) is 0 Å². The summed E-state index contributed by atoms with van der Waals surface area (Å²) in [5.74, 6) is 1.16. The molecule has 0 saturated carbocycles. The Labute approximate surface area is 175 Å². The number of carbonyl (C=O) groups excluding carboxylic acids is 1. The maximum atomic E-state index is 12.1. The fraction of sp³-hybridized carbons (Fsp3) is 0.200. The topological polar surface area (TPSA) is 64.4 Å². The molecule has 0 spiro atoms. The van der Waals surface area contributed by atoms with Crippen molar-refractivity contribution in [3.05, 3.63) is 88.8 Å². The minimum atomic E-state index is -0.201. The quantitative estimate of drug-likeness (QED) is 0.473. The third-order valence-electron chi connectivity index (χ3n) is 4.85. The number of anilines is 1. The minimum Gasteiger partial charge on any atom is -0.484 e. The number of carbonyl (C=O) groups is 1. The van der Waals surface area contributed by atoms with Gasteiger partial charge in [-0.05, 0) is 67.8 Å². The Hall–Kier alpha value is -3.60. The molecule has 4 aromatic rings. The van der Waals surface area contributed by atoms with E-state index in [0.29, 0.717) is 18.1 Å². The summed E-state index contributed by atoms with van der Waals surface area (Å²) in [7, 11) is 0. The van der Waals surface area contributed by atoms with E-state index >= 15 is 0 Å². The van der Waals surface area contributed by atoms with Crippen LogP contribution < -0.4 is 10.1 Å². The molecule has 0 aliphatic rings. The fourth-order valence-electron chi connectivity index (χ4n) is 3.36. The molecule has 1 aromatic heterocycles. The molecule has 0 aliphatic heterocycles. The lowest BCUT2D eigenvalue weighted by Gasteiger charge is -2.08. The van der Waals surface area contributed by atoms with Crippen LogP contribution >= 0.6 is 0 Å². The van der Waals surface area contributed by atoms with Crippen molar-refractivity contribution in [3.8, 4) is 5.75 Å². The molecule has 5 nitrogen and oxygen atoms in total. The molecule has 0 radical (unpaired) electrons. The van der Waals surface area contributed by atoms with Crippen LogP contribution in [-0.4, -0.2) is 17.5 Å². The number of hydrogen-bond acceptors (Lipinski definition) is 4. The largest absolute Gasteiger partial charge is 0.484 e. The summed E-state index contributed by atoms with van der Waals surface area (Å²) < 4.78 is 11.4. The van der Waals surface area contributed by atoms with Gasteiger partial charge < -0.3 is 14.5 Å². The number of rotatable bonds is 6. The highest BCUT2D eigenvalue weighted by molar-refractivity contribution is 5.91. The molecule has 0 aliphatic carbocycles. The molecule has 4 rings (SSSR count). The maximum Gasteiger partial charge on any atom is 0.262 e. The van der Waals surface area contributed by atoms with E-state index in [9.17, 15) is 4.79 Å². The molecular formula is C25H24N2O3. The number of oxazole rings is 1. The van der Waals surface area contributed by atoms with Gasteiger partial charge in [0.25, 0.3) is 5.91 Å². The van der Waals surface area contributed by atoms with Gasteiger partial charge in [0.15, 0.2) is 18.1 Å². The van der Waals surface area contributed by atoms with Gasteiger partial charge in [-0.2, -0.15) is 0 Å². The van der Waals surface area contributed by atoms with Gasteiger partial charge in [-0.1, -0.05) is 35.9 Å². The number of aromatic nitrogens is 1. The van der Waals surface area contributed by atoms with E-state index in [1.807, 2.05) is 68.4 Å². The second-order valence-electron chi connectivity index (χ2n) is 7.56. The van der Waals surface area contributed by atoms with Crippen LogP contribution in [0.15, 0.2) is 65.1 Å². The summed E-state index contributed by atoms with van der Waals surface area (Å²) >= 11 is 0. The van der Waals surface area contributed by atoms with Crippen molar-refractivity contribution in [2.24, 2.45) is 0 Å². The second kappa shape index (κ2) is 8.41. The SMILES string of the molecule is Cc1ccc(OCC(=O)Nc2ccc(Cc3nc4cc(C)cc(C)c4o3)cc2)cc1. The highest BCUT2D eigenvalue weighted by Crippen LogP contribution is 2.23. The number of ether oxygens (including phenoxy) is 1. The van der Waals surface area contributed by atoms with Crippen molar-refractivity contribution in [1.82, 2.24) is 4.98 Å². The van der Waals surface area contributed by atoms with Gasteiger partial charge in [0.2, 0.25) is 0 Å². The Kier molecular flexibility index (Phi) is 5.53. The van der Waals surface area contributed by atoms with Crippen molar-refractivity contribution < 1.29 is 13.9 Å². The van der Waals surface area contributed by atoms with Crippen LogP contribution in [0.25, 0.3) is 11.1 Å². The van der Waals surface area contributed by atoms with Crippen LogP contribution in [0.3, 0.4) is 0 Å². The summed E-state index contributed by atoms with van der Waals surface area (Å²) in [5.41, 5.74) is 6.93. The smallest absolute Gasteiger partial charge is 0.262 e. The van der Waals surface area contributed by atoms with Crippen molar-refractivity contribution in [2.45, 2.75) is 27.2 Å². The normalized spacial score (nSPS) is 10.9. The Morgan fingerprint density at radius 3 is 2.43 bits per heavy atom. The fourth-order valence-corrected chi connectivity index (χ4v) is 3.36. The number of nitrogens with zero attached hydrogens (tertiary/aromatic N) is 1. The molecule has 5 heteroatoms. The van der Waals surface area contributed by atoms with Crippen LogP contribution in [0, 0.1) is 20.8 Å².